The number of amides is 2. The molecule has 8 aliphatic heterocycles. The molecule has 8 rings (SSSR count). The normalized spacial score (nSPS) is 30.8. The number of nitrogens with one attached hydrogen (secondary N) is 4. The molecule has 0 aromatic carbocycles. The van der Waals surface area contributed by atoms with Crippen molar-refractivity contribution in [2.75, 3.05) is 52.9 Å². The van der Waals surface area contributed by atoms with E-state index in [1.54, 1.807) is 0 Å². The Morgan fingerprint density at radius 3 is 0.883 bits per heavy atom. The second kappa shape index (κ2) is 78.2. The maximum atomic E-state index is 11.4. The Hall–Kier alpha value is 4.99. The fraction of sp³-hybridized carbons (Fsp3) is 0.808. The van der Waals surface area contributed by atoms with Crippen molar-refractivity contribution in [1.29, 1.82) is 0 Å². The Kier molecular flexibility index (Phi) is 96.8. The second-order valence-electron chi connectivity index (χ2n) is 25.5. The molecule has 137 heavy (non-hydrogen) atoms. The minimum absolute atomic E-state index is 0. The van der Waals surface area contributed by atoms with Gasteiger partial charge in [-0.05, 0) is 12.2 Å². The Labute approximate surface area is 1020 Å². The summed E-state index contributed by atoms with van der Waals surface area (Å²) in [6.45, 7) is -2.41. The molecule has 28 atom stereocenters. The number of ether oxygens (including phenoxy) is 10. The molecule has 0 saturated carbocycles. The van der Waals surface area contributed by atoms with Crippen LogP contribution in [0.2, 0.25) is 0 Å². The number of carbonyl (C=O) groups is 6. The third kappa shape index (κ3) is 67.4. The summed E-state index contributed by atoms with van der Waals surface area (Å²) in [7, 11) is -36.1. The van der Waals surface area contributed by atoms with E-state index in [0.29, 0.717) is 0 Å². The van der Waals surface area contributed by atoms with Crippen molar-refractivity contribution < 1.29 is 622 Å². The van der Waals surface area contributed by atoms with Gasteiger partial charge in [0.15, 0.2) is 45.8 Å². The number of carboxylic acids is 4. The van der Waals surface area contributed by atoms with E-state index < -0.39 is 344 Å². The predicted molar refractivity (Wildman–Crippen MR) is 361 cm³/mol. The van der Waals surface area contributed by atoms with Crippen molar-refractivity contribution in [2.45, 2.75) is 211 Å². The smallest absolute Gasteiger partial charge is 0.735 e. The molecule has 0 radical (unpaired) electrons. The van der Waals surface area contributed by atoms with E-state index in [0.717, 1.165) is 26.0 Å². The molecule has 0 bridgehead atoms. The monoisotopic (exact) mass is 2250 g/mol. The average molecular weight is 2250 g/mol. The van der Waals surface area contributed by atoms with Crippen LogP contribution in [0.25, 0.3) is 0 Å². The molecule has 25 N–H and O–H groups in total. The van der Waals surface area contributed by atoms with E-state index in [2.05, 4.69) is 45.8 Å². The molecule has 67 nitrogen and oxygen atoms in total. The SMILES string of the molecule is CC(=O)NC1[C@H](O[C@H]2C(C(=O)[O-])OCC(O)[C@@H]2O)OC(COS(=O)(=O)[O-])C[C@H]1O.CC(=O)NC1[C@H](O[C@H]2C(C(=O)[O-])OCC(O)[C@@H]2O)OC(COS(=O)(=O)[O-])C[C@H]1O.O.O.O.O.O=C([O-])C1=C[C@@H](O)C(O)CO1.O=C([O-])C1=C[C@@H](O)C(O)CO1.O=S(=O)([O-])NC1C(O)OC(CO)C[C@H]1OS(=O)(=O)[O-].O=S(=O)([O-])NC1C(O)OC(COS(=O)(=O)[O-])C[C@H]1OS(=O)(=O)[O-].[Na+].[Na+].[Na+].[Na+].[Na+].[Na+].[Na+].[Na+].[Na+].[Na+].[Na+]. The Balaban J connectivity index is -0.000000123. The number of carbonyl (C=O) groups excluding carboxylic acids is 6. The van der Waals surface area contributed by atoms with Crippen LogP contribution in [-0.2, 0) is 170 Å². The standard InChI is InChI=1S/2C14H23NO13S.C6H13NO13S3.C6H13NO10S2.2C6H8O5.11Na.4H2O/c2*1-5(16)15-9-7(17)2-6(3-26-29(22,23)24)27-14(9)28-11-10(19)8(18)4-25-12(11)13(20)21;8-6-5(7-21(9,10)11)4(20-23(15,16)17)1-3(19-6)2-18-22(12,13)14;8-2-3-1-4(17-19(13,14)15)5(6(9)16-3)7-18(10,11)12;2*7-3-1-5(6(9)10)11-2-4(3)8;;;;;;;;;;;;;;;/h2*6-12,14,17-19H,2-4H2,1H3,(H,15,16)(H,20,21)(H,22,23,24);3-8H,1-2H2,(H,9,10,11)(H,12,13,14)(H,15,16,17);3-9H,1-2H2,(H,10,11,12)(H,13,14,15);2*1,3-4,7-8H,2H2,(H,9,10);;;;;;;;;;;;4*1H2/q;;;;;;11*+1;;;;/p-11/t2*6?,7-,8?,9?,10+,11-,12?,14+;2*3?,4-,5?,6?;2*3-,4?;;;;;;;;;;;;;;;/m111111.............../s1. The molecule has 85 heteroatoms. The molecular formula is C52H85N4Na11O63S7. The van der Waals surface area contributed by atoms with Gasteiger partial charge >= 0.3 is 325 Å². The number of hydrogen-bond acceptors (Lipinski definition) is 59. The van der Waals surface area contributed by atoms with E-state index >= 15 is 0 Å². The van der Waals surface area contributed by atoms with E-state index in [9.17, 15) is 181 Å². The van der Waals surface area contributed by atoms with E-state index in [1.807, 2.05) is 0 Å². The molecule has 0 aliphatic carbocycles. The zero-order valence-electron chi connectivity index (χ0n) is 74.3. The summed E-state index contributed by atoms with van der Waals surface area (Å²) in [6, 6.07) is -6.28. The number of aliphatic hydroxyl groups is 13. The fourth-order valence-electron chi connectivity index (χ4n) is 10.8. The first kappa shape index (κ1) is 170. The van der Waals surface area contributed by atoms with Crippen LogP contribution in [0.5, 0.6) is 0 Å². The first-order valence-corrected chi connectivity index (χ1v) is 42.7. The van der Waals surface area contributed by atoms with Gasteiger partial charge in [-0.1, -0.05) is 0 Å². The van der Waals surface area contributed by atoms with Gasteiger partial charge in [0.25, 0.3) is 0 Å². The third-order valence-electron chi connectivity index (χ3n) is 16.0. The largest absolute Gasteiger partial charge is 1.00 e. The van der Waals surface area contributed by atoms with Crippen LogP contribution in [0, 0.1) is 0 Å². The Bertz CT molecular complexity index is 4250. The van der Waals surface area contributed by atoms with Crippen molar-refractivity contribution in [3.63, 3.8) is 0 Å². The van der Waals surface area contributed by atoms with Crippen LogP contribution in [0.15, 0.2) is 23.7 Å². The number of aliphatic hydroxyl groups excluding tert-OH is 13. The van der Waals surface area contributed by atoms with Gasteiger partial charge in [-0.2, -0.15) is 0 Å². The van der Waals surface area contributed by atoms with Crippen LogP contribution in [0.1, 0.15) is 39.5 Å². The number of rotatable bonds is 28. The van der Waals surface area contributed by atoms with Gasteiger partial charge in [0, 0.05) is 39.5 Å². The fourth-order valence-corrected chi connectivity index (χ4v) is 14.0. The number of carboxylic acid groups (broad SMARTS) is 4. The maximum absolute atomic E-state index is 11.4. The van der Waals surface area contributed by atoms with Crippen LogP contribution >= 0.6 is 0 Å². The summed E-state index contributed by atoms with van der Waals surface area (Å²) in [5, 5.41) is 171. The molecule has 0 aromatic heterocycles. The zero-order valence-corrected chi connectivity index (χ0v) is 102. The van der Waals surface area contributed by atoms with Gasteiger partial charge in [0.2, 0.25) is 63.8 Å². The summed E-state index contributed by atoms with van der Waals surface area (Å²) in [5.41, 5.74) is 0. The summed E-state index contributed by atoms with van der Waals surface area (Å²) in [4.78, 5) is 65.6. The summed E-state index contributed by atoms with van der Waals surface area (Å²) >= 11 is 0. The first-order valence-electron chi connectivity index (χ1n) is 33.2. The zero-order chi connectivity index (χ0) is 93.6. The van der Waals surface area contributed by atoms with Crippen molar-refractivity contribution in [1.82, 2.24) is 20.1 Å². The Morgan fingerprint density at radius 1 is 0.380 bits per heavy atom. The molecule has 8 aliphatic rings. The second-order valence-corrected chi connectivity index (χ2v) is 32.9. The van der Waals surface area contributed by atoms with Crippen molar-refractivity contribution >= 4 is 108 Å². The van der Waals surface area contributed by atoms with Crippen molar-refractivity contribution in [3.05, 3.63) is 23.7 Å². The van der Waals surface area contributed by atoms with Gasteiger partial charge in [-0.25, -0.2) is 68.4 Å². The minimum Gasteiger partial charge on any atom is -0.735 e. The maximum Gasteiger partial charge on any atom is 1.00 e. The molecular weight excluding hydrogens is 2170 g/mol. The minimum atomic E-state index is -5.38. The van der Waals surface area contributed by atoms with Crippen molar-refractivity contribution in [3.8, 4) is 0 Å². The van der Waals surface area contributed by atoms with Gasteiger partial charge in [0.1, 0.15) is 122 Å². The Morgan fingerprint density at radius 2 is 0.650 bits per heavy atom. The molecule has 8 heterocycles. The third-order valence-corrected chi connectivity index (χ3v) is 19.3. The molecule has 0 aromatic rings. The van der Waals surface area contributed by atoms with Crippen molar-refractivity contribution in [2.24, 2.45) is 0 Å². The van der Waals surface area contributed by atoms with Crippen LogP contribution in [0.3, 0.4) is 0 Å². The van der Waals surface area contributed by atoms with E-state index in [-0.39, 0.29) is 373 Å². The summed E-state index contributed by atoms with van der Waals surface area (Å²) in [5.74, 6) is -8.58. The topological polar surface area (TPSA) is 1170 Å². The number of aliphatic carboxylic acids is 4. The molecule has 6 saturated heterocycles. The predicted octanol–water partition coefficient (Wildman–Crippen LogP) is -59.9. The van der Waals surface area contributed by atoms with Crippen LogP contribution in [0.4, 0.5) is 0 Å². The average Bonchev–Trinajstić information content (AvgIpc) is 0.764. The first-order chi connectivity index (χ1) is 55.7. The summed E-state index contributed by atoms with van der Waals surface area (Å²) in [6.07, 6.45) is -36.6. The molecule has 0 spiro atoms. The molecule has 16 unspecified atom stereocenters. The number of hydrogen-bond donors (Lipinski definition) is 17. The van der Waals surface area contributed by atoms with Gasteiger partial charge in [0.05, 0.1) is 112 Å². The summed E-state index contributed by atoms with van der Waals surface area (Å²) < 4.78 is 294. The van der Waals surface area contributed by atoms with Crippen LogP contribution < -0.4 is 366 Å². The molecule has 2 amide bonds. The van der Waals surface area contributed by atoms with Gasteiger partial charge < -0.3 is 218 Å². The van der Waals surface area contributed by atoms with Crippen LogP contribution in [-0.4, -0.2) is 439 Å². The van der Waals surface area contributed by atoms with E-state index in [4.69, 9.17) is 58.7 Å². The molecule has 6 fully saturated rings. The quantitative estimate of drug-likeness (QED) is 0.0196. The van der Waals surface area contributed by atoms with Gasteiger partial charge in [-0.15, -0.1) is 0 Å². The van der Waals surface area contributed by atoms with Gasteiger partial charge in [-0.3, -0.25) is 30.5 Å². The molecule has 744 valence electrons. The van der Waals surface area contributed by atoms with E-state index in [1.165, 1.54) is 9.44 Å².